The first-order valence-corrected chi connectivity index (χ1v) is 9.45. The van der Waals surface area contributed by atoms with E-state index in [4.69, 9.17) is 27.9 Å². The van der Waals surface area contributed by atoms with E-state index in [1.54, 1.807) is 24.3 Å². The SMILES string of the molecule is O=C(COC(=O)CCCNC(=O)c1ccc(Cl)cc1)Nc1ccc(Cl)c([N+](=O)[O-])c1. The predicted molar refractivity (Wildman–Crippen MR) is 111 cm³/mol. The number of amides is 2. The number of nitrogens with zero attached hydrogens (tertiary/aromatic N) is 1. The molecule has 0 heterocycles. The minimum atomic E-state index is -0.677. The Balaban J connectivity index is 1.67. The van der Waals surface area contributed by atoms with Crippen LogP contribution in [0.3, 0.4) is 0 Å². The van der Waals surface area contributed by atoms with Gasteiger partial charge in [-0.05, 0) is 42.8 Å². The Labute approximate surface area is 181 Å². The van der Waals surface area contributed by atoms with Crippen molar-refractivity contribution in [3.05, 3.63) is 68.2 Å². The number of carbonyl (C=O) groups is 3. The molecule has 0 saturated carbocycles. The first-order valence-electron chi connectivity index (χ1n) is 8.69. The van der Waals surface area contributed by atoms with Crippen LogP contribution < -0.4 is 10.6 Å². The molecule has 2 aromatic carbocycles. The average Bonchev–Trinajstić information content (AvgIpc) is 2.71. The number of anilines is 1. The van der Waals surface area contributed by atoms with E-state index in [1.807, 2.05) is 0 Å². The molecule has 2 N–H and O–H groups in total. The zero-order chi connectivity index (χ0) is 22.1. The van der Waals surface area contributed by atoms with E-state index < -0.39 is 23.4 Å². The van der Waals surface area contributed by atoms with Gasteiger partial charge in [0.05, 0.1) is 4.92 Å². The molecular weight excluding hydrogens is 437 g/mol. The third kappa shape index (κ3) is 7.34. The van der Waals surface area contributed by atoms with E-state index in [1.165, 1.54) is 12.1 Å². The minimum absolute atomic E-state index is 0.000590. The van der Waals surface area contributed by atoms with E-state index in [0.29, 0.717) is 17.0 Å². The quantitative estimate of drug-likeness (QED) is 0.258. The molecular formula is C19H17Cl2N3O6. The minimum Gasteiger partial charge on any atom is -0.456 e. The second-order valence-corrected chi connectivity index (χ2v) is 6.84. The molecule has 0 aliphatic carbocycles. The van der Waals surface area contributed by atoms with Gasteiger partial charge in [-0.25, -0.2) is 0 Å². The molecule has 0 saturated heterocycles. The van der Waals surface area contributed by atoms with Gasteiger partial charge in [0.15, 0.2) is 6.61 Å². The molecule has 0 unspecified atom stereocenters. The fraction of sp³-hybridized carbons (Fsp3) is 0.211. The number of ether oxygens (including phenoxy) is 1. The number of benzene rings is 2. The summed E-state index contributed by atoms with van der Waals surface area (Å²) < 4.78 is 4.84. The molecule has 2 rings (SSSR count). The zero-order valence-corrected chi connectivity index (χ0v) is 17.0. The van der Waals surface area contributed by atoms with Crippen LogP contribution in [0.2, 0.25) is 10.0 Å². The highest BCUT2D eigenvalue weighted by Crippen LogP contribution is 2.27. The van der Waals surface area contributed by atoms with Crippen LogP contribution in [0.4, 0.5) is 11.4 Å². The van der Waals surface area contributed by atoms with Gasteiger partial charge in [0.1, 0.15) is 5.02 Å². The predicted octanol–water partition coefficient (Wildman–Crippen LogP) is 3.59. The van der Waals surface area contributed by atoms with Crippen molar-refractivity contribution in [1.82, 2.24) is 5.32 Å². The topological polar surface area (TPSA) is 128 Å². The van der Waals surface area contributed by atoms with Crippen LogP contribution in [0.5, 0.6) is 0 Å². The lowest BCUT2D eigenvalue weighted by Gasteiger charge is -2.08. The van der Waals surface area contributed by atoms with Crippen LogP contribution in [0.15, 0.2) is 42.5 Å². The number of rotatable bonds is 9. The van der Waals surface area contributed by atoms with Crippen molar-refractivity contribution in [1.29, 1.82) is 0 Å². The van der Waals surface area contributed by atoms with Crippen molar-refractivity contribution in [2.24, 2.45) is 0 Å². The lowest BCUT2D eigenvalue weighted by atomic mass is 10.2. The molecule has 0 aromatic heterocycles. The number of hydrogen-bond donors (Lipinski definition) is 2. The summed E-state index contributed by atoms with van der Waals surface area (Å²) in [6, 6.07) is 10.1. The average molecular weight is 454 g/mol. The summed E-state index contributed by atoms with van der Waals surface area (Å²) >= 11 is 11.5. The number of nitrogens with one attached hydrogen (secondary N) is 2. The lowest BCUT2D eigenvalue weighted by molar-refractivity contribution is -0.384. The number of hydrogen-bond acceptors (Lipinski definition) is 6. The Morgan fingerprint density at radius 1 is 1.07 bits per heavy atom. The molecule has 11 heteroatoms. The molecule has 9 nitrogen and oxygen atoms in total. The van der Waals surface area contributed by atoms with Gasteiger partial charge in [-0.3, -0.25) is 24.5 Å². The maximum Gasteiger partial charge on any atom is 0.306 e. The highest BCUT2D eigenvalue weighted by molar-refractivity contribution is 6.32. The van der Waals surface area contributed by atoms with Crippen molar-refractivity contribution >= 4 is 52.4 Å². The third-order valence-corrected chi connectivity index (χ3v) is 4.31. The van der Waals surface area contributed by atoms with Gasteiger partial charge < -0.3 is 15.4 Å². The van der Waals surface area contributed by atoms with Gasteiger partial charge in [-0.2, -0.15) is 0 Å². The van der Waals surface area contributed by atoms with E-state index in [2.05, 4.69) is 10.6 Å². The summed E-state index contributed by atoms with van der Waals surface area (Å²) in [5.41, 5.74) is 0.241. The van der Waals surface area contributed by atoms with Crippen molar-refractivity contribution in [3.63, 3.8) is 0 Å². The molecule has 0 fully saturated rings. The van der Waals surface area contributed by atoms with Crippen LogP contribution in [0.1, 0.15) is 23.2 Å². The van der Waals surface area contributed by atoms with Crippen molar-refractivity contribution in [2.45, 2.75) is 12.8 Å². The fourth-order valence-corrected chi connectivity index (χ4v) is 2.60. The lowest BCUT2D eigenvalue weighted by Crippen LogP contribution is -2.25. The molecule has 0 bridgehead atoms. The Bertz CT molecular complexity index is 950. The number of esters is 1. The Morgan fingerprint density at radius 3 is 2.43 bits per heavy atom. The van der Waals surface area contributed by atoms with Crippen LogP contribution in [0.25, 0.3) is 0 Å². The summed E-state index contributed by atoms with van der Waals surface area (Å²) in [6.07, 6.45) is 0.323. The fourth-order valence-electron chi connectivity index (χ4n) is 2.28. The van der Waals surface area contributed by atoms with Crippen molar-refractivity contribution in [3.8, 4) is 0 Å². The van der Waals surface area contributed by atoms with Crippen LogP contribution in [0, 0.1) is 10.1 Å². The van der Waals surface area contributed by atoms with Crippen molar-refractivity contribution in [2.75, 3.05) is 18.5 Å². The van der Waals surface area contributed by atoms with E-state index in [0.717, 1.165) is 6.07 Å². The summed E-state index contributed by atoms with van der Waals surface area (Å²) in [5, 5.41) is 16.3. The molecule has 0 spiro atoms. The maximum atomic E-state index is 11.9. The molecule has 0 aliphatic heterocycles. The van der Waals surface area contributed by atoms with Gasteiger partial charge in [-0.15, -0.1) is 0 Å². The van der Waals surface area contributed by atoms with Crippen LogP contribution >= 0.6 is 23.2 Å². The molecule has 30 heavy (non-hydrogen) atoms. The molecule has 2 aromatic rings. The number of halogens is 2. The van der Waals surface area contributed by atoms with Crippen LogP contribution in [-0.2, 0) is 14.3 Å². The summed E-state index contributed by atoms with van der Waals surface area (Å²) in [5.74, 6) is -1.57. The third-order valence-electron chi connectivity index (χ3n) is 3.74. The summed E-state index contributed by atoms with van der Waals surface area (Å²) in [7, 11) is 0. The van der Waals surface area contributed by atoms with E-state index in [9.17, 15) is 24.5 Å². The van der Waals surface area contributed by atoms with Gasteiger partial charge in [0.25, 0.3) is 17.5 Å². The first-order chi connectivity index (χ1) is 14.3. The Kier molecular flexibility index (Phi) is 8.57. The van der Waals surface area contributed by atoms with Gasteiger partial charge in [0.2, 0.25) is 0 Å². The number of nitro benzene ring substituents is 1. The van der Waals surface area contributed by atoms with E-state index in [-0.39, 0.29) is 35.3 Å². The molecule has 0 aliphatic rings. The van der Waals surface area contributed by atoms with E-state index >= 15 is 0 Å². The van der Waals surface area contributed by atoms with Gasteiger partial charge in [-0.1, -0.05) is 23.2 Å². The smallest absolute Gasteiger partial charge is 0.306 e. The first kappa shape index (κ1) is 23.1. The largest absolute Gasteiger partial charge is 0.456 e. The second kappa shape index (κ2) is 11.1. The highest BCUT2D eigenvalue weighted by atomic mass is 35.5. The second-order valence-electron chi connectivity index (χ2n) is 6.00. The zero-order valence-electron chi connectivity index (χ0n) is 15.5. The van der Waals surface area contributed by atoms with Crippen molar-refractivity contribution < 1.29 is 24.0 Å². The number of nitro groups is 1. The van der Waals surface area contributed by atoms with Gasteiger partial charge in [0, 0.05) is 35.3 Å². The monoisotopic (exact) mass is 453 g/mol. The summed E-state index contributed by atoms with van der Waals surface area (Å²) in [4.78, 5) is 45.6. The normalized spacial score (nSPS) is 10.2. The maximum absolute atomic E-state index is 11.9. The Hall–Kier alpha value is -3.17. The standard InChI is InChI=1S/C19H17Cl2N3O6/c20-13-5-3-12(4-6-13)19(27)22-9-1-2-18(26)30-11-17(25)23-14-7-8-15(21)16(10-14)24(28)29/h3-8,10H,1-2,9,11H2,(H,22,27)(H,23,25). The highest BCUT2D eigenvalue weighted by Gasteiger charge is 2.15. The summed E-state index contributed by atoms with van der Waals surface area (Å²) in [6.45, 7) is -0.302. The molecule has 0 radical (unpaired) electrons. The Morgan fingerprint density at radius 2 is 1.77 bits per heavy atom. The molecule has 2 amide bonds. The van der Waals surface area contributed by atoms with Crippen LogP contribution in [-0.4, -0.2) is 35.9 Å². The molecule has 158 valence electrons. The van der Waals surface area contributed by atoms with Gasteiger partial charge >= 0.3 is 5.97 Å². The number of carbonyl (C=O) groups excluding carboxylic acids is 3. The molecule has 0 atom stereocenters.